The van der Waals surface area contributed by atoms with Crippen molar-refractivity contribution in [1.82, 2.24) is 0 Å². The van der Waals surface area contributed by atoms with Gasteiger partial charge >= 0.3 is 0 Å². The molecule has 0 aromatic heterocycles. The Morgan fingerprint density at radius 3 is 2.35 bits per heavy atom. The fourth-order valence-electron chi connectivity index (χ4n) is 3.79. The lowest BCUT2D eigenvalue weighted by Crippen LogP contribution is -2.35. The average molecular weight is 239 g/mol. The molecule has 3 unspecified atom stereocenters. The molecule has 0 radical (unpaired) electrons. The zero-order valence-electron chi connectivity index (χ0n) is 12.6. The van der Waals surface area contributed by atoms with Gasteiger partial charge in [0.25, 0.3) is 0 Å². The second-order valence-corrected chi connectivity index (χ2v) is 7.63. The zero-order chi connectivity index (χ0) is 13.1. The van der Waals surface area contributed by atoms with E-state index in [1.54, 1.807) is 0 Å². The molecule has 1 aliphatic carbocycles. The summed E-state index contributed by atoms with van der Waals surface area (Å²) in [7, 11) is 0. The summed E-state index contributed by atoms with van der Waals surface area (Å²) in [4.78, 5) is 0. The first-order valence-corrected chi connectivity index (χ1v) is 7.54. The topological polar surface area (TPSA) is 26.0 Å². The van der Waals surface area contributed by atoms with Gasteiger partial charge in [0.2, 0.25) is 0 Å². The highest BCUT2D eigenvalue weighted by atomic mass is 14.6. The van der Waals surface area contributed by atoms with Gasteiger partial charge in [-0.2, -0.15) is 0 Å². The quantitative estimate of drug-likeness (QED) is 0.753. The Balaban J connectivity index is 2.52. The predicted molar refractivity (Wildman–Crippen MR) is 76.9 cm³/mol. The SMILES string of the molecule is CC(C)CC(C)CC1CC(C)(C)CCC1CN. The van der Waals surface area contributed by atoms with Crippen LogP contribution >= 0.6 is 0 Å². The third-order valence-electron chi connectivity index (χ3n) is 4.55. The molecule has 17 heavy (non-hydrogen) atoms. The van der Waals surface area contributed by atoms with Crippen LogP contribution in [0, 0.1) is 29.1 Å². The largest absolute Gasteiger partial charge is 0.330 e. The van der Waals surface area contributed by atoms with Crippen LogP contribution in [0.1, 0.15) is 66.7 Å². The van der Waals surface area contributed by atoms with Crippen LogP contribution in [0.4, 0.5) is 0 Å². The molecule has 0 bridgehead atoms. The second kappa shape index (κ2) is 6.22. The van der Waals surface area contributed by atoms with Gasteiger partial charge in [0.05, 0.1) is 0 Å². The molecular formula is C16H33N. The van der Waals surface area contributed by atoms with E-state index in [-0.39, 0.29) is 0 Å². The number of hydrogen-bond donors (Lipinski definition) is 1. The van der Waals surface area contributed by atoms with E-state index in [9.17, 15) is 0 Å². The first kappa shape index (κ1) is 15.0. The highest BCUT2D eigenvalue weighted by molar-refractivity contribution is 4.86. The van der Waals surface area contributed by atoms with Crippen LogP contribution in [0.5, 0.6) is 0 Å². The lowest BCUT2D eigenvalue weighted by molar-refractivity contribution is 0.101. The van der Waals surface area contributed by atoms with E-state index in [0.717, 1.165) is 30.2 Å². The molecule has 0 aromatic rings. The van der Waals surface area contributed by atoms with Crippen molar-refractivity contribution in [3.63, 3.8) is 0 Å². The third kappa shape index (κ3) is 4.99. The molecule has 0 amide bonds. The minimum atomic E-state index is 0.549. The van der Waals surface area contributed by atoms with E-state index >= 15 is 0 Å². The summed E-state index contributed by atoms with van der Waals surface area (Å²) in [6.07, 6.45) is 6.86. The first-order chi connectivity index (χ1) is 7.84. The third-order valence-corrected chi connectivity index (χ3v) is 4.55. The van der Waals surface area contributed by atoms with Crippen LogP contribution in [0.25, 0.3) is 0 Å². The Bertz CT molecular complexity index is 220. The summed E-state index contributed by atoms with van der Waals surface area (Å²) in [6, 6.07) is 0. The Kier molecular flexibility index (Phi) is 5.50. The highest BCUT2D eigenvalue weighted by Gasteiger charge is 2.34. The van der Waals surface area contributed by atoms with Crippen molar-refractivity contribution in [2.24, 2.45) is 34.8 Å². The molecule has 0 saturated heterocycles. The molecule has 0 spiro atoms. The van der Waals surface area contributed by atoms with Gasteiger partial charge in [-0.05, 0) is 67.7 Å². The van der Waals surface area contributed by atoms with Crippen LogP contribution in [0.2, 0.25) is 0 Å². The summed E-state index contributed by atoms with van der Waals surface area (Å²) in [5.74, 6) is 3.36. The Hall–Kier alpha value is -0.0400. The first-order valence-electron chi connectivity index (χ1n) is 7.54. The fourth-order valence-corrected chi connectivity index (χ4v) is 3.79. The van der Waals surface area contributed by atoms with Crippen LogP contribution in [-0.4, -0.2) is 6.54 Å². The van der Waals surface area contributed by atoms with Crippen molar-refractivity contribution >= 4 is 0 Å². The number of nitrogens with two attached hydrogens (primary N) is 1. The summed E-state index contributed by atoms with van der Waals surface area (Å²) in [6.45, 7) is 12.9. The van der Waals surface area contributed by atoms with Crippen molar-refractivity contribution in [3.8, 4) is 0 Å². The fraction of sp³-hybridized carbons (Fsp3) is 1.00. The Morgan fingerprint density at radius 2 is 1.82 bits per heavy atom. The maximum Gasteiger partial charge on any atom is -0.00462 e. The molecule has 0 heterocycles. The molecule has 1 aliphatic rings. The van der Waals surface area contributed by atoms with E-state index in [2.05, 4.69) is 34.6 Å². The molecule has 1 saturated carbocycles. The van der Waals surface area contributed by atoms with Gasteiger partial charge < -0.3 is 5.73 Å². The monoisotopic (exact) mass is 239 g/mol. The Morgan fingerprint density at radius 1 is 1.18 bits per heavy atom. The van der Waals surface area contributed by atoms with E-state index < -0.39 is 0 Å². The van der Waals surface area contributed by atoms with Gasteiger partial charge in [-0.1, -0.05) is 34.6 Å². The van der Waals surface area contributed by atoms with Crippen LogP contribution in [-0.2, 0) is 0 Å². The summed E-state index contributed by atoms with van der Waals surface area (Å²) >= 11 is 0. The normalized spacial score (nSPS) is 30.5. The smallest absolute Gasteiger partial charge is 0.00462 e. The highest BCUT2D eigenvalue weighted by Crippen LogP contribution is 2.44. The molecule has 1 fully saturated rings. The molecular weight excluding hydrogens is 206 g/mol. The van der Waals surface area contributed by atoms with Crippen molar-refractivity contribution in [2.45, 2.75) is 66.7 Å². The average Bonchev–Trinajstić information content (AvgIpc) is 2.15. The molecule has 102 valence electrons. The molecule has 1 heteroatoms. The number of hydrogen-bond acceptors (Lipinski definition) is 1. The van der Waals surface area contributed by atoms with Crippen molar-refractivity contribution in [2.75, 3.05) is 6.54 Å². The van der Waals surface area contributed by atoms with E-state index in [1.165, 1.54) is 32.1 Å². The summed E-state index contributed by atoms with van der Waals surface area (Å²) < 4.78 is 0. The van der Waals surface area contributed by atoms with Crippen molar-refractivity contribution < 1.29 is 0 Å². The molecule has 0 aliphatic heterocycles. The van der Waals surface area contributed by atoms with Crippen molar-refractivity contribution in [1.29, 1.82) is 0 Å². The van der Waals surface area contributed by atoms with Crippen LogP contribution in [0.3, 0.4) is 0 Å². The maximum atomic E-state index is 5.96. The van der Waals surface area contributed by atoms with Gasteiger partial charge in [-0.25, -0.2) is 0 Å². The van der Waals surface area contributed by atoms with Gasteiger partial charge in [0, 0.05) is 0 Å². The van der Waals surface area contributed by atoms with Gasteiger partial charge in [0.1, 0.15) is 0 Å². The van der Waals surface area contributed by atoms with E-state index in [4.69, 9.17) is 5.73 Å². The minimum absolute atomic E-state index is 0.549. The van der Waals surface area contributed by atoms with Crippen molar-refractivity contribution in [3.05, 3.63) is 0 Å². The predicted octanol–water partition coefficient (Wildman–Crippen LogP) is 4.46. The maximum absolute atomic E-state index is 5.96. The lowest BCUT2D eigenvalue weighted by atomic mass is 9.65. The summed E-state index contributed by atoms with van der Waals surface area (Å²) in [5, 5.41) is 0. The standard InChI is InChI=1S/C16H33N/c1-12(2)8-13(3)9-15-10-16(4,5)7-6-14(15)11-17/h12-15H,6-11,17H2,1-5H3. The Labute approximate surface area is 109 Å². The zero-order valence-corrected chi connectivity index (χ0v) is 12.6. The summed E-state index contributed by atoms with van der Waals surface area (Å²) in [5.41, 5.74) is 6.51. The molecule has 3 atom stereocenters. The van der Waals surface area contributed by atoms with E-state index in [0.29, 0.717) is 5.41 Å². The molecule has 2 N–H and O–H groups in total. The van der Waals surface area contributed by atoms with Gasteiger partial charge in [-0.3, -0.25) is 0 Å². The van der Waals surface area contributed by atoms with Gasteiger partial charge in [0.15, 0.2) is 0 Å². The number of rotatable bonds is 5. The van der Waals surface area contributed by atoms with Crippen LogP contribution in [0.15, 0.2) is 0 Å². The molecule has 0 aromatic carbocycles. The molecule has 1 rings (SSSR count). The minimum Gasteiger partial charge on any atom is -0.330 e. The van der Waals surface area contributed by atoms with Crippen LogP contribution < -0.4 is 5.73 Å². The van der Waals surface area contributed by atoms with Gasteiger partial charge in [-0.15, -0.1) is 0 Å². The lowest BCUT2D eigenvalue weighted by Gasteiger charge is -2.41. The molecule has 1 nitrogen and oxygen atoms in total. The second-order valence-electron chi connectivity index (χ2n) is 7.63. The van der Waals surface area contributed by atoms with E-state index in [1.807, 2.05) is 0 Å².